The maximum atomic E-state index is 3.53. The molecule has 4 nitrogen and oxygen atoms in total. The molecule has 0 N–H and O–H groups in total. The number of hydrogen-bond donors (Lipinski definition) is 1. The first-order valence-electron chi connectivity index (χ1n) is 20.5. The number of quaternary nitrogens is 4. The molecular weight excluding hydrogens is 581 g/mol. The molecule has 46 heavy (non-hydrogen) atoms. The quantitative estimate of drug-likeness (QED) is 0.0702. The molecule has 0 aliphatic carbocycles. The van der Waals surface area contributed by atoms with Gasteiger partial charge in [-0.3, -0.25) is 0 Å². The van der Waals surface area contributed by atoms with Crippen LogP contribution in [0.2, 0.25) is 0 Å². The second-order valence-corrected chi connectivity index (χ2v) is 17.7. The fourth-order valence-electron chi connectivity index (χ4n) is 10.0. The summed E-state index contributed by atoms with van der Waals surface area (Å²) in [4.78, 5) is 0. The smallest absolute Gasteiger partial charge is 0.0935 e. The summed E-state index contributed by atoms with van der Waals surface area (Å²) >= 11 is 3.53. The summed E-state index contributed by atoms with van der Waals surface area (Å²) in [5.41, 5.74) is 0.809. The van der Waals surface area contributed by atoms with E-state index in [4.69, 9.17) is 0 Å². The summed E-state index contributed by atoms with van der Waals surface area (Å²) in [6.45, 7) is 40.7. The fourth-order valence-corrected chi connectivity index (χ4v) is 10.0. The van der Waals surface area contributed by atoms with E-state index in [0.29, 0.717) is 11.1 Å². The number of rotatable bonds is 21. The highest BCUT2D eigenvalue weighted by molar-refractivity contribution is 7.79. The molecule has 276 valence electrons. The molecule has 0 aromatic heterocycles. The predicted molar refractivity (Wildman–Crippen MR) is 211 cm³/mol. The summed E-state index contributed by atoms with van der Waals surface area (Å²) in [5, 5.41) is 0. The van der Waals surface area contributed by atoms with E-state index < -0.39 is 0 Å². The molecule has 0 spiro atoms. The maximum Gasteiger partial charge on any atom is 0.0935 e. The molecule has 0 aromatic carbocycles. The Morgan fingerprint density at radius 3 is 1.48 bits per heavy atom. The number of piperidine rings is 2. The van der Waals surface area contributed by atoms with Crippen molar-refractivity contribution in [2.45, 2.75) is 157 Å². The summed E-state index contributed by atoms with van der Waals surface area (Å²) in [6, 6.07) is 0. The monoisotopic (exact) mass is 671 g/mol. The van der Waals surface area contributed by atoms with Crippen LogP contribution in [-0.4, -0.2) is 128 Å². The zero-order chi connectivity index (χ0) is 35.1. The van der Waals surface area contributed by atoms with E-state index in [2.05, 4.69) is 96.0 Å². The molecule has 2 heterocycles. The van der Waals surface area contributed by atoms with Crippen LogP contribution in [0.1, 0.15) is 146 Å². The number of hydrogen-bond acceptors (Lipinski definition) is 1. The van der Waals surface area contributed by atoms with Gasteiger partial charge in [0.2, 0.25) is 0 Å². The minimum absolute atomic E-state index is 0.403. The molecule has 2 aliphatic heterocycles. The lowest BCUT2D eigenvalue weighted by Gasteiger charge is -2.51. The van der Waals surface area contributed by atoms with Gasteiger partial charge in [-0.1, -0.05) is 19.3 Å². The van der Waals surface area contributed by atoms with Gasteiger partial charge in [-0.05, 0) is 126 Å². The number of unbranched alkanes of at least 4 members (excludes halogenated alkanes) is 1. The normalized spacial score (nSPS) is 26.5. The van der Waals surface area contributed by atoms with Crippen LogP contribution in [0, 0.1) is 11.8 Å². The first-order chi connectivity index (χ1) is 21.6. The van der Waals surface area contributed by atoms with Crippen LogP contribution < -0.4 is 0 Å². The minimum Gasteiger partial charge on any atom is -0.326 e. The van der Waals surface area contributed by atoms with Crippen LogP contribution >= 0.6 is 12.6 Å². The summed E-state index contributed by atoms with van der Waals surface area (Å²) in [7, 11) is 5.15. The van der Waals surface area contributed by atoms with Crippen LogP contribution in [-0.2, 0) is 0 Å². The van der Waals surface area contributed by atoms with Gasteiger partial charge in [0.1, 0.15) is 0 Å². The van der Waals surface area contributed by atoms with Crippen molar-refractivity contribution in [2.24, 2.45) is 11.8 Å². The highest BCUT2D eigenvalue weighted by Gasteiger charge is 2.43. The lowest BCUT2D eigenvalue weighted by Crippen LogP contribution is -2.62. The molecule has 5 heteroatoms. The SMILES string of the molecule is CC[N+](CC)(CC)CCCC(C)(C)[N+]1(C)CCC(CCCC2CC[N+](C)(CCCCC(C)(C)[N+](CC)(CC)CC)CC2)CC1.CS. The highest BCUT2D eigenvalue weighted by Crippen LogP contribution is 2.37. The van der Waals surface area contributed by atoms with Gasteiger partial charge in [-0.15, -0.1) is 0 Å². The molecule has 0 unspecified atom stereocenters. The summed E-state index contributed by atoms with van der Waals surface area (Å²) in [5.74, 6) is 1.99. The van der Waals surface area contributed by atoms with Crippen molar-refractivity contribution in [1.82, 2.24) is 0 Å². The molecule has 2 saturated heterocycles. The Labute approximate surface area is 297 Å². The molecule has 2 aliphatic rings. The van der Waals surface area contributed by atoms with Crippen molar-refractivity contribution in [3.05, 3.63) is 0 Å². The maximum absolute atomic E-state index is 3.53. The third-order valence-electron chi connectivity index (χ3n) is 15.2. The third-order valence-corrected chi connectivity index (χ3v) is 15.2. The lowest BCUT2D eigenvalue weighted by molar-refractivity contribution is -0.968. The summed E-state index contributed by atoms with van der Waals surface area (Å²) < 4.78 is 5.23. The van der Waals surface area contributed by atoms with Crippen molar-refractivity contribution in [3.63, 3.8) is 0 Å². The van der Waals surface area contributed by atoms with Gasteiger partial charge in [0.05, 0.1) is 104 Å². The van der Waals surface area contributed by atoms with Crippen LogP contribution in [0.3, 0.4) is 0 Å². The Kier molecular flexibility index (Phi) is 19.4. The van der Waals surface area contributed by atoms with E-state index in [9.17, 15) is 0 Å². The van der Waals surface area contributed by atoms with Crippen molar-refractivity contribution < 1.29 is 17.9 Å². The van der Waals surface area contributed by atoms with Crippen molar-refractivity contribution in [3.8, 4) is 0 Å². The van der Waals surface area contributed by atoms with E-state index in [-0.39, 0.29) is 0 Å². The lowest BCUT2D eigenvalue weighted by atomic mass is 9.83. The molecule has 0 saturated carbocycles. The molecule has 2 rings (SSSR count). The molecule has 0 amide bonds. The van der Waals surface area contributed by atoms with E-state index in [0.717, 1.165) is 11.8 Å². The molecule has 0 radical (unpaired) electrons. The number of nitrogens with zero attached hydrogens (tertiary/aromatic N) is 4. The van der Waals surface area contributed by atoms with E-state index >= 15 is 0 Å². The average molecular weight is 671 g/mol. The van der Waals surface area contributed by atoms with Gasteiger partial charge in [0, 0.05) is 19.3 Å². The van der Waals surface area contributed by atoms with E-state index in [1.54, 1.807) is 6.26 Å². The Morgan fingerprint density at radius 1 is 0.587 bits per heavy atom. The van der Waals surface area contributed by atoms with Gasteiger partial charge in [-0.2, -0.15) is 12.6 Å². The standard InChI is InChI=1S/C40H86N4.CH4S/c1-13-43(14-2,15-3)32-22-30-39(7,8)42(12)35-27-38(28-36-42)24-21-23-37-25-33-41(11,34-26-37)31-20-19-29-40(9,10)44(16-4,17-5)18-6;1-2/h37-38H,13-36H2,1-12H3;2H,1H3/q+4;. The van der Waals surface area contributed by atoms with Crippen molar-refractivity contribution in [1.29, 1.82) is 0 Å². The Hall–Kier alpha value is 0.190. The van der Waals surface area contributed by atoms with E-state index in [1.165, 1.54) is 174 Å². The third kappa shape index (κ3) is 11.9. The van der Waals surface area contributed by atoms with Gasteiger partial charge >= 0.3 is 0 Å². The Morgan fingerprint density at radius 2 is 1.04 bits per heavy atom. The average Bonchev–Trinajstić information content (AvgIpc) is 3.05. The van der Waals surface area contributed by atoms with Gasteiger partial charge < -0.3 is 17.9 Å². The Bertz CT molecular complexity index is 768. The van der Waals surface area contributed by atoms with Crippen LogP contribution in [0.25, 0.3) is 0 Å². The van der Waals surface area contributed by atoms with Crippen LogP contribution in [0.5, 0.6) is 0 Å². The zero-order valence-corrected chi connectivity index (χ0v) is 35.3. The van der Waals surface area contributed by atoms with E-state index in [1.807, 2.05) is 0 Å². The van der Waals surface area contributed by atoms with Crippen molar-refractivity contribution >= 4 is 12.6 Å². The molecular formula is C41H90N4S+4. The molecule has 0 bridgehead atoms. The summed E-state index contributed by atoms with van der Waals surface area (Å²) in [6.07, 6.45) is 19.0. The molecule has 0 atom stereocenters. The zero-order valence-electron chi connectivity index (χ0n) is 34.4. The fraction of sp³-hybridized carbons (Fsp3) is 1.00. The topological polar surface area (TPSA) is 0 Å². The first-order valence-corrected chi connectivity index (χ1v) is 21.4. The minimum atomic E-state index is 0.403. The Balaban J connectivity index is 0.00000518. The van der Waals surface area contributed by atoms with Gasteiger partial charge in [-0.25, -0.2) is 0 Å². The number of likely N-dealkylation sites (tertiary alicyclic amines) is 2. The molecule has 2 fully saturated rings. The largest absolute Gasteiger partial charge is 0.326 e. The van der Waals surface area contributed by atoms with Crippen LogP contribution in [0.4, 0.5) is 0 Å². The van der Waals surface area contributed by atoms with Crippen molar-refractivity contribution in [2.75, 3.05) is 98.9 Å². The molecule has 0 aromatic rings. The number of thiol groups is 1. The second kappa shape index (κ2) is 20.1. The van der Waals surface area contributed by atoms with Gasteiger partial charge in [0.15, 0.2) is 0 Å². The van der Waals surface area contributed by atoms with Crippen LogP contribution in [0.15, 0.2) is 0 Å². The predicted octanol–water partition coefficient (Wildman–Crippen LogP) is 9.68. The van der Waals surface area contributed by atoms with Gasteiger partial charge in [0.25, 0.3) is 0 Å². The first kappa shape index (κ1) is 44.2. The second-order valence-electron chi connectivity index (χ2n) is 17.7. The highest BCUT2D eigenvalue weighted by atomic mass is 32.1.